The van der Waals surface area contributed by atoms with Crippen LogP contribution in [0.2, 0.25) is 0 Å². The van der Waals surface area contributed by atoms with Gasteiger partial charge in [-0.2, -0.15) is 36.0 Å². The summed E-state index contributed by atoms with van der Waals surface area (Å²) in [7, 11) is 0. The number of alkyl halides is 6. The van der Waals surface area contributed by atoms with Gasteiger partial charge < -0.3 is 10.2 Å². The van der Waals surface area contributed by atoms with Crippen molar-refractivity contribution in [3.05, 3.63) is 58.5 Å². The molecular weight excluding hydrogens is 465 g/mol. The van der Waals surface area contributed by atoms with Crippen LogP contribution < -0.4 is 5.32 Å². The van der Waals surface area contributed by atoms with Gasteiger partial charge in [0.2, 0.25) is 5.95 Å². The van der Waals surface area contributed by atoms with Gasteiger partial charge in [-0.3, -0.25) is 0 Å². The van der Waals surface area contributed by atoms with E-state index in [0.29, 0.717) is 29.5 Å². The van der Waals surface area contributed by atoms with Crippen molar-refractivity contribution in [1.29, 1.82) is 5.26 Å². The molecular formula is C23H21F7N4. The van der Waals surface area contributed by atoms with Crippen molar-refractivity contribution in [2.24, 2.45) is 11.8 Å². The normalized spacial score (nSPS) is 16.4. The van der Waals surface area contributed by atoms with Crippen LogP contribution in [-0.2, 0) is 25.4 Å². The van der Waals surface area contributed by atoms with E-state index in [1.807, 2.05) is 0 Å². The summed E-state index contributed by atoms with van der Waals surface area (Å²) in [6.45, 7) is -0.652. The Labute approximate surface area is 191 Å². The summed E-state index contributed by atoms with van der Waals surface area (Å²) in [4.78, 5) is 4.92. The molecule has 0 radical (unpaired) electrons. The van der Waals surface area contributed by atoms with Crippen molar-refractivity contribution in [3.63, 3.8) is 0 Å². The zero-order valence-electron chi connectivity index (χ0n) is 17.8. The first kappa shape index (κ1) is 24.1. The number of nitrogens with zero attached hydrogens (tertiary/aromatic N) is 3. The zero-order chi connectivity index (χ0) is 24.7. The largest absolute Gasteiger partial charge is 0.416 e. The van der Waals surface area contributed by atoms with Crippen LogP contribution in [0.3, 0.4) is 0 Å². The van der Waals surface area contributed by atoms with E-state index < -0.39 is 36.0 Å². The molecule has 1 N–H and O–H groups in total. The maximum atomic E-state index is 13.9. The summed E-state index contributed by atoms with van der Waals surface area (Å²) in [6, 6.07) is 3.88. The van der Waals surface area contributed by atoms with Crippen LogP contribution in [0.1, 0.15) is 47.9 Å². The lowest BCUT2D eigenvalue weighted by Gasteiger charge is -2.23. The Balaban J connectivity index is 1.57. The average Bonchev–Trinajstić information content (AvgIpc) is 3.65. The molecule has 0 atom stereocenters. The van der Waals surface area contributed by atoms with Gasteiger partial charge in [-0.15, -0.1) is 0 Å². The second kappa shape index (κ2) is 8.96. The highest BCUT2D eigenvalue weighted by Gasteiger charge is 2.42. The van der Waals surface area contributed by atoms with Gasteiger partial charge in [0.25, 0.3) is 0 Å². The molecule has 1 heterocycles. The van der Waals surface area contributed by atoms with Crippen LogP contribution in [-0.4, -0.2) is 15.9 Å². The molecule has 0 bridgehead atoms. The summed E-state index contributed by atoms with van der Waals surface area (Å²) in [5.41, 5.74) is -2.78. The summed E-state index contributed by atoms with van der Waals surface area (Å²) in [5, 5.41) is 12.8. The number of benzene rings is 1. The van der Waals surface area contributed by atoms with Gasteiger partial charge in [-0.1, -0.05) is 0 Å². The van der Waals surface area contributed by atoms with Crippen LogP contribution in [0.25, 0.3) is 0 Å². The maximum absolute atomic E-state index is 13.9. The molecule has 2 aromatic rings. The van der Waals surface area contributed by atoms with Crippen LogP contribution in [0.4, 0.5) is 36.6 Å². The molecule has 4 rings (SSSR count). The number of halogens is 7. The third kappa shape index (κ3) is 5.90. The van der Waals surface area contributed by atoms with Crippen molar-refractivity contribution in [2.75, 3.05) is 5.32 Å². The number of hydrogen-bond acceptors (Lipinski definition) is 4. The Kier molecular flexibility index (Phi) is 6.36. The molecule has 2 saturated carbocycles. The van der Waals surface area contributed by atoms with Gasteiger partial charge in [-0.05, 0) is 73.4 Å². The number of anilines is 1. The molecule has 11 heteroatoms. The predicted molar refractivity (Wildman–Crippen MR) is 108 cm³/mol. The minimum atomic E-state index is -4.98. The molecule has 0 amide bonds. The SMILES string of the molecule is N#CN(Cc1cc(C(F)(F)F)cc(C(F)(F)F)c1)Cc1ccc(F)nc1NC(C1CC1)C1CC1. The molecule has 1 aromatic heterocycles. The molecule has 2 aliphatic carbocycles. The topological polar surface area (TPSA) is 52.0 Å². The quantitative estimate of drug-likeness (QED) is 0.205. The monoisotopic (exact) mass is 486 g/mol. The van der Waals surface area contributed by atoms with E-state index in [9.17, 15) is 36.0 Å². The molecule has 2 fully saturated rings. The fourth-order valence-electron chi connectivity index (χ4n) is 4.07. The van der Waals surface area contributed by atoms with Crippen molar-refractivity contribution in [1.82, 2.24) is 9.88 Å². The summed E-state index contributed by atoms with van der Waals surface area (Å²) in [6.07, 6.45) is -3.93. The highest BCUT2D eigenvalue weighted by atomic mass is 19.4. The number of pyridine rings is 1. The third-order valence-electron chi connectivity index (χ3n) is 6.03. The average molecular weight is 486 g/mol. The number of hydrogen-bond donors (Lipinski definition) is 1. The molecule has 4 nitrogen and oxygen atoms in total. The Morgan fingerprint density at radius 3 is 1.97 bits per heavy atom. The van der Waals surface area contributed by atoms with Gasteiger partial charge in [0, 0.05) is 11.6 Å². The van der Waals surface area contributed by atoms with Gasteiger partial charge in [0.05, 0.1) is 24.2 Å². The molecule has 0 saturated heterocycles. The lowest BCUT2D eigenvalue weighted by Crippen LogP contribution is -2.27. The molecule has 0 aliphatic heterocycles. The van der Waals surface area contributed by atoms with Crippen molar-refractivity contribution in [3.8, 4) is 6.19 Å². The second-order valence-corrected chi connectivity index (χ2v) is 8.86. The first-order valence-electron chi connectivity index (χ1n) is 10.8. The molecule has 34 heavy (non-hydrogen) atoms. The Bertz CT molecular complexity index is 1040. The Morgan fingerprint density at radius 2 is 1.50 bits per heavy atom. The molecule has 1 aromatic carbocycles. The zero-order valence-corrected chi connectivity index (χ0v) is 17.8. The highest BCUT2D eigenvalue weighted by Crippen LogP contribution is 2.46. The van der Waals surface area contributed by atoms with Crippen molar-refractivity contribution in [2.45, 2.75) is 57.2 Å². The summed E-state index contributed by atoms with van der Waals surface area (Å²) in [5.74, 6) is 0.434. The highest BCUT2D eigenvalue weighted by molar-refractivity contribution is 5.46. The Morgan fingerprint density at radius 1 is 0.941 bits per heavy atom. The number of nitriles is 1. The van der Waals surface area contributed by atoms with E-state index >= 15 is 0 Å². The van der Waals surface area contributed by atoms with Gasteiger partial charge in [-0.25, -0.2) is 4.98 Å². The lowest BCUT2D eigenvalue weighted by atomic mass is 10.0. The smallest absolute Gasteiger partial charge is 0.366 e. The van der Waals surface area contributed by atoms with Gasteiger partial charge >= 0.3 is 12.4 Å². The van der Waals surface area contributed by atoms with E-state index in [0.717, 1.165) is 36.6 Å². The fourth-order valence-corrected chi connectivity index (χ4v) is 4.07. The van der Waals surface area contributed by atoms with Crippen LogP contribution in [0.5, 0.6) is 0 Å². The van der Waals surface area contributed by atoms with Crippen molar-refractivity contribution >= 4 is 5.82 Å². The van der Waals surface area contributed by atoms with Gasteiger partial charge in [0.1, 0.15) is 5.82 Å². The predicted octanol–water partition coefficient (Wildman–Crippen LogP) is 6.34. The molecule has 182 valence electrons. The minimum Gasteiger partial charge on any atom is -0.366 e. The number of rotatable bonds is 8. The van der Waals surface area contributed by atoms with Crippen LogP contribution in [0.15, 0.2) is 30.3 Å². The maximum Gasteiger partial charge on any atom is 0.416 e. The van der Waals surface area contributed by atoms with Crippen LogP contribution >= 0.6 is 0 Å². The van der Waals surface area contributed by atoms with E-state index in [1.165, 1.54) is 6.07 Å². The fraction of sp³-hybridized carbons (Fsp3) is 0.478. The number of nitrogens with one attached hydrogen (secondary N) is 1. The summed E-state index contributed by atoms with van der Waals surface area (Å²) < 4.78 is 92.8. The van der Waals surface area contributed by atoms with Gasteiger partial charge in [0.15, 0.2) is 6.19 Å². The third-order valence-corrected chi connectivity index (χ3v) is 6.03. The second-order valence-electron chi connectivity index (χ2n) is 8.86. The lowest BCUT2D eigenvalue weighted by molar-refractivity contribution is -0.143. The van der Waals surface area contributed by atoms with E-state index in [1.54, 1.807) is 6.19 Å². The Hall–Kier alpha value is -3.03. The minimum absolute atomic E-state index is 0.0437. The van der Waals surface area contributed by atoms with Crippen LogP contribution in [0, 0.1) is 29.2 Å². The first-order chi connectivity index (χ1) is 15.9. The van der Waals surface area contributed by atoms with E-state index in [2.05, 4.69) is 10.3 Å². The van der Waals surface area contributed by atoms with Crippen molar-refractivity contribution < 1.29 is 30.7 Å². The summed E-state index contributed by atoms with van der Waals surface area (Å²) >= 11 is 0. The first-order valence-corrected chi connectivity index (χ1v) is 10.8. The molecule has 0 unspecified atom stereocenters. The van der Waals surface area contributed by atoms with E-state index in [-0.39, 0.29) is 30.0 Å². The standard InChI is InChI=1S/C23H21F7N4/c24-19-6-5-16(21(32-19)33-20(14-1-2-14)15-3-4-15)11-34(12-31)10-13-7-17(22(25,26)27)9-18(8-13)23(28,29)30/h5-9,14-15,20H,1-4,10-11H2,(H,32,33). The number of aromatic nitrogens is 1. The molecule has 2 aliphatic rings. The molecule has 0 spiro atoms. The van der Waals surface area contributed by atoms with E-state index in [4.69, 9.17) is 0 Å².